The van der Waals surface area contributed by atoms with Crippen molar-refractivity contribution in [1.29, 1.82) is 0 Å². The van der Waals surface area contributed by atoms with Crippen LogP contribution in [0.5, 0.6) is 5.75 Å². The summed E-state index contributed by atoms with van der Waals surface area (Å²) in [6, 6.07) is 15.3. The van der Waals surface area contributed by atoms with Crippen LogP contribution in [0.4, 0.5) is 5.69 Å². The van der Waals surface area contributed by atoms with E-state index in [-0.39, 0.29) is 18.4 Å². The number of ether oxygens (including phenoxy) is 1. The third-order valence-corrected chi connectivity index (χ3v) is 4.89. The highest BCUT2D eigenvalue weighted by atomic mass is 16.5. The molecule has 4 rings (SSSR count). The van der Waals surface area contributed by atoms with Crippen LogP contribution in [0.3, 0.4) is 0 Å². The van der Waals surface area contributed by atoms with Gasteiger partial charge in [-0.05, 0) is 42.7 Å². The number of nitrogens with zero attached hydrogens (tertiary/aromatic N) is 1. The molecule has 6 heteroatoms. The zero-order chi connectivity index (χ0) is 18.8. The summed E-state index contributed by atoms with van der Waals surface area (Å²) in [6.07, 6.45) is 1.91. The molecular weight excluding hydrogens is 342 g/mol. The van der Waals surface area contributed by atoms with Gasteiger partial charge in [0.25, 0.3) is 5.91 Å². The van der Waals surface area contributed by atoms with Gasteiger partial charge in [-0.3, -0.25) is 9.59 Å². The lowest BCUT2D eigenvalue weighted by atomic mass is 10.0. The van der Waals surface area contributed by atoms with Crippen molar-refractivity contribution in [1.82, 2.24) is 10.3 Å². The van der Waals surface area contributed by atoms with Gasteiger partial charge in [-0.15, -0.1) is 0 Å². The highest BCUT2D eigenvalue weighted by molar-refractivity contribution is 6.02. The van der Waals surface area contributed by atoms with E-state index in [0.717, 1.165) is 35.2 Å². The van der Waals surface area contributed by atoms with Crippen LogP contribution in [0.25, 0.3) is 10.9 Å². The zero-order valence-electron chi connectivity index (χ0n) is 15.1. The Morgan fingerprint density at radius 2 is 2.04 bits per heavy atom. The van der Waals surface area contributed by atoms with Gasteiger partial charge in [0.05, 0.1) is 13.7 Å². The second kappa shape index (κ2) is 7.15. The molecule has 0 aliphatic carbocycles. The molecule has 0 fully saturated rings. The molecular formula is C21H21N3O3. The van der Waals surface area contributed by atoms with E-state index < -0.39 is 0 Å². The minimum Gasteiger partial charge on any atom is -0.497 e. The summed E-state index contributed by atoms with van der Waals surface area (Å²) in [7, 11) is 1.60. The molecule has 0 radical (unpaired) electrons. The number of nitrogens with one attached hydrogen (secondary N) is 2. The lowest BCUT2D eigenvalue weighted by Crippen LogP contribution is -2.42. The molecule has 0 unspecified atom stereocenters. The van der Waals surface area contributed by atoms with E-state index in [4.69, 9.17) is 4.74 Å². The molecule has 2 amide bonds. The first-order valence-corrected chi connectivity index (χ1v) is 8.99. The molecule has 27 heavy (non-hydrogen) atoms. The Balaban J connectivity index is 1.44. The van der Waals surface area contributed by atoms with Crippen molar-refractivity contribution in [2.45, 2.75) is 12.8 Å². The summed E-state index contributed by atoms with van der Waals surface area (Å²) in [5, 5.41) is 3.64. The summed E-state index contributed by atoms with van der Waals surface area (Å²) in [4.78, 5) is 29.9. The number of carbonyl (C=O) groups is 2. The fraction of sp³-hybridized carbons (Fsp3) is 0.238. The number of para-hydroxylation sites is 1. The van der Waals surface area contributed by atoms with E-state index in [1.54, 1.807) is 18.1 Å². The summed E-state index contributed by atoms with van der Waals surface area (Å²) in [6.45, 7) is 0.643. The van der Waals surface area contributed by atoms with Crippen LogP contribution in [0.1, 0.15) is 22.5 Å². The predicted octanol–water partition coefficient (Wildman–Crippen LogP) is 2.89. The molecule has 1 aliphatic heterocycles. The number of rotatable bonds is 4. The average molecular weight is 363 g/mol. The Hall–Kier alpha value is -3.28. The molecule has 2 heterocycles. The van der Waals surface area contributed by atoms with Crippen molar-refractivity contribution in [2.75, 3.05) is 25.1 Å². The van der Waals surface area contributed by atoms with Crippen molar-refractivity contribution in [2.24, 2.45) is 0 Å². The minimum atomic E-state index is -0.302. The van der Waals surface area contributed by atoms with Gasteiger partial charge in [0.15, 0.2) is 0 Å². The van der Waals surface area contributed by atoms with Crippen LogP contribution < -0.4 is 15.0 Å². The number of fused-ring (bicyclic) bond motifs is 2. The number of hydrogen-bond acceptors (Lipinski definition) is 3. The third-order valence-electron chi connectivity index (χ3n) is 4.89. The van der Waals surface area contributed by atoms with E-state index in [1.807, 2.05) is 42.5 Å². The fourth-order valence-electron chi connectivity index (χ4n) is 3.49. The number of aromatic amines is 1. The second-order valence-corrected chi connectivity index (χ2v) is 6.60. The molecule has 0 saturated carbocycles. The third kappa shape index (κ3) is 3.38. The van der Waals surface area contributed by atoms with Crippen molar-refractivity contribution in [3.63, 3.8) is 0 Å². The Bertz CT molecular complexity index is 1010. The molecule has 6 nitrogen and oxygen atoms in total. The predicted molar refractivity (Wildman–Crippen MR) is 104 cm³/mol. The van der Waals surface area contributed by atoms with Gasteiger partial charge in [0.2, 0.25) is 5.91 Å². The highest BCUT2D eigenvalue weighted by Gasteiger charge is 2.22. The second-order valence-electron chi connectivity index (χ2n) is 6.60. The Morgan fingerprint density at radius 3 is 2.89 bits per heavy atom. The largest absolute Gasteiger partial charge is 0.497 e. The van der Waals surface area contributed by atoms with Gasteiger partial charge in [0.1, 0.15) is 11.4 Å². The van der Waals surface area contributed by atoms with E-state index in [2.05, 4.69) is 10.3 Å². The smallest absolute Gasteiger partial charge is 0.268 e. The van der Waals surface area contributed by atoms with Gasteiger partial charge in [-0.2, -0.15) is 0 Å². The molecule has 0 bridgehead atoms. The Kier molecular flexibility index (Phi) is 4.54. The topological polar surface area (TPSA) is 74.4 Å². The maximum Gasteiger partial charge on any atom is 0.268 e. The first-order valence-electron chi connectivity index (χ1n) is 8.99. The SMILES string of the molecule is COc1ccc2cc(C(=O)NCC(=O)N3CCCc4ccccc43)[nH]c2c1. The lowest BCUT2D eigenvalue weighted by molar-refractivity contribution is -0.117. The standard InChI is InChI=1S/C21H21N3O3/c1-27-16-9-8-15-11-18(23-17(15)12-16)21(26)22-13-20(25)24-10-4-6-14-5-2-3-7-19(14)24/h2-3,5,7-9,11-12,23H,4,6,10,13H2,1H3,(H,22,26). The molecule has 1 aromatic heterocycles. The number of hydrogen-bond donors (Lipinski definition) is 2. The van der Waals surface area contributed by atoms with Gasteiger partial charge < -0.3 is 19.9 Å². The molecule has 3 aromatic rings. The molecule has 1 aliphatic rings. The van der Waals surface area contributed by atoms with Crippen LogP contribution in [0.15, 0.2) is 48.5 Å². The van der Waals surface area contributed by atoms with Crippen LogP contribution in [-0.2, 0) is 11.2 Å². The van der Waals surface area contributed by atoms with Gasteiger partial charge >= 0.3 is 0 Å². The highest BCUT2D eigenvalue weighted by Crippen LogP contribution is 2.26. The summed E-state index contributed by atoms with van der Waals surface area (Å²) < 4.78 is 5.20. The van der Waals surface area contributed by atoms with Crippen molar-refractivity contribution < 1.29 is 14.3 Å². The van der Waals surface area contributed by atoms with Crippen molar-refractivity contribution >= 4 is 28.4 Å². The molecule has 0 spiro atoms. The van der Waals surface area contributed by atoms with Crippen LogP contribution in [0.2, 0.25) is 0 Å². The average Bonchev–Trinajstić information content (AvgIpc) is 3.14. The van der Waals surface area contributed by atoms with E-state index >= 15 is 0 Å². The number of aryl methyl sites for hydroxylation is 1. The molecule has 138 valence electrons. The quantitative estimate of drug-likeness (QED) is 0.748. The monoisotopic (exact) mass is 363 g/mol. The number of benzene rings is 2. The maximum absolute atomic E-state index is 12.6. The Morgan fingerprint density at radius 1 is 1.19 bits per heavy atom. The van der Waals surface area contributed by atoms with E-state index in [9.17, 15) is 9.59 Å². The number of carbonyl (C=O) groups excluding carboxylic acids is 2. The first kappa shape index (κ1) is 17.1. The Labute approximate surface area is 157 Å². The van der Waals surface area contributed by atoms with Crippen LogP contribution >= 0.6 is 0 Å². The van der Waals surface area contributed by atoms with Gasteiger partial charge in [0, 0.05) is 29.2 Å². The van der Waals surface area contributed by atoms with Crippen LogP contribution in [-0.4, -0.2) is 37.0 Å². The first-order chi connectivity index (χ1) is 13.2. The zero-order valence-corrected chi connectivity index (χ0v) is 15.1. The maximum atomic E-state index is 12.6. The number of H-pyrrole nitrogens is 1. The number of methoxy groups -OCH3 is 1. The van der Waals surface area contributed by atoms with E-state index in [0.29, 0.717) is 12.2 Å². The summed E-state index contributed by atoms with van der Waals surface area (Å²) in [5.41, 5.74) is 3.36. The van der Waals surface area contributed by atoms with Crippen molar-refractivity contribution in [3.8, 4) is 5.75 Å². The van der Waals surface area contributed by atoms with Gasteiger partial charge in [-0.1, -0.05) is 18.2 Å². The number of anilines is 1. The summed E-state index contributed by atoms with van der Waals surface area (Å²) >= 11 is 0. The minimum absolute atomic E-state index is 0.0359. The van der Waals surface area contributed by atoms with Crippen LogP contribution in [0, 0.1) is 0 Å². The van der Waals surface area contributed by atoms with Gasteiger partial charge in [-0.25, -0.2) is 0 Å². The number of amides is 2. The summed E-state index contributed by atoms with van der Waals surface area (Å²) in [5.74, 6) is 0.312. The normalized spacial score (nSPS) is 13.3. The fourth-order valence-corrected chi connectivity index (χ4v) is 3.49. The number of aromatic nitrogens is 1. The van der Waals surface area contributed by atoms with E-state index in [1.165, 1.54) is 5.56 Å². The molecule has 2 N–H and O–H groups in total. The lowest BCUT2D eigenvalue weighted by Gasteiger charge is -2.29. The van der Waals surface area contributed by atoms with Crippen molar-refractivity contribution in [3.05, 3.63) is 59.8 Å². The molecule has 2 aromatic carbocycles. The molecule has 0 atom stereocenters. The molecule has 0 saturated heterocycles.